The molecule has 0 saturated heterocycles. The van der Waals surface area contributed by atoms with Gasteiger partial charge < -0.3 is 16.0 Å². The molecule has 1 aliphatic rings. The van der Waals surface area contributed by atoms with E-state index in [4.69, 9.17) is 0 Å². The number of halogens is 2. The Bertz CT molecular complexity index is 1180. The highest BCUT2D eigenvalue weighted by Crippen LogP contribution is 2.29. The molecule has 1 atom stereocenters. The van der Waals surface area contributed by atoms with E-state index in [9.17, 15) is 18.4 Å². The van der Waals surface area contributed by atoms with Crippen molar-refractivity contribution in [3.05, 3.63) is 66.2 Å². The standard InChI is InChI=1S/C25H28F2N6O2/c1-33-15-21(14-29-33)31-25(35)22(9-16-5-2-3-6-16)32-24(34)17-7-4-8-19(10-17)30-20-11-18(23(26)27)12-28-13-20/h4,7-8,10-16,22-23,30H,2-3,5-6,9H2,1H3,(H,31,35)(H,32,34)/t22-/m0/s1. The summed E-state index contributed by atoms with van der Waals surface area (Å²) < 4.78 is 27.5. The fourth-order valence-electron chi connectivity index (χ4n) is 4.32. The summed E-state index contributed by atoms with van der Waals surface area (Å²) >= 11 is 0. The molecule has 0 radical (unpaired) electrons. The molecule has 3 aromatic rings. The number of benzene rings is 1. The second kappa shape index (κ2) is 11.1. The lowest BCUT2D eigenvalue weighted by molar-refractivity contribution is -0.118. The van der Waals surface area contributed by atoms with Crippen molar-refractivity contribution in [2.45, 2.75) is 44.6 Å². The maximum Gasteiger partial charge on any atom is 0.265 e. The van der Waals surface area contributed by atoms with Crippen molar-refractivity contribution >= 4 is 28.9 Å². The fraction of sp³-hybridized carbons (Fsp3) is 0.360. The lowest BCUT2D eigenvalue weighted by atomic mass is 9.97. The van der Waals surface area contributed by atoms with Crippen LogP contribution in [-0.4, -0.2) is 32.6 Å². The molecular weight excluding hydrogens is 454 g/mol. The molecule has 2 aromatic heterocycles. The quantitative estimate of drug-likeness (QED) is 0.406. The minimum absolute atomic E-state index is 0.196. The van der Waals surface area contributed by atoms with Crippen LogP contribution in [0.5, 0.6) is 0 Å². The van der Waals surface area contributed by atoms with Crippen LogP contribution in [0.15, 0.2) is 55.1 Å². The van der Waals surface area contributed by atoms with E-state index in [1.165, 1.54) is 12.3 Å². The van der Waals surface area contributed by atoms with Gasteiger partial charge in [-0.3, -0.25) is 19.3 Å². The molecule has 184 valence electrons. The lowest BCUT2D eigenvalue weighted by Gasteiger charge is -2.21. The van der Waals surface area contributed by atoms with Gasteiger partial charge in [-0.25, -0.2) is 8.78 Å². The third-order valence-corrected chi connectivity index (χ3v) is 6.06. The first-order valence-corrected chi connectivity index (χ1v) is 11.6. The predicted octanol–water partition coefficient (Wildman–Crippen LogP) is 4.81. The average Bonchev–Trinajstić information content (AvgIpc) is 3.50. The Morgan fingerprint density at radius 1 is 1.09 bits per heavy atom. The van der Waals surface area contributed by atoms with Crippen molar-refractivity contribution in [1.82, 2.24) is 20.1 Å². The van der Waals surface area contributed by atoms with E-state index in [1.807, 2.05) is 0 Å². The highest BCUT2D eigenvalue weighted by molar-refractivity contribution is 6.01. The average molecular weight is 483 g/mol. The SMILES string of the molecule is Cn1cc(NC(=O)[C@H](CC2CCCC2)NC(=O)c2cccc(Nc3cncc(C(F)F)c3)c2)cn1. The third-order valence-electron chi connectivity index (χ3n) is 6.06. The van der Waals surface area contributed by atoms with Gasteiger partial charge in [0.15, 0.2) is 0 Å². The fourth-order valence-corrected chi connectivity index (χ4v) is 4.32. The number of anilines is 3. The van der Waals surface area contributed by atoms with Gasteiger partial charge in [-0.15, -0.1) is 0 Å². The molecule has 0 unspecified atom stereocenters. The second-order valence-electron chi connectivity index (χ2n) is 8.82. The van der Waals surface area contributed by atoms with Crippen LogP contribution < -0.4 is 16.0 Å². The number of alkyl halides is 2. The molecule has 3 N–H and O–H groups in total. The smallest absolute Gasteiger partial charge is 0.265 e. The minimum atomic E-state index is -2.63. The van der Waals surface area contributed by atoms with Crippen molar-refractivity contribution in [2.75, 3.05) is 10.6 Å². The van der Waals surface area contributed by atoms with Crippen LogP contribution in [0.2, 0.25) is 0 Å². The summed E-state index contributed by atoms with van der Waals surface area (Å²) in [6.07, 6.45) is 8.06. The Morgan fingerprint density at radius 3 is 2.60 bits per heavy atom. The van der Waals surface area contributed by atoms with Gasteiger partial charge in [-0.1, -0.05) is 31.7 Å². The molecule has 0 bridgehead atoms. The summed E-state index contributed by atoms with van der Waals surface area (Å²) in [5, 5.41) is 12.8. The summed E-state index contributed by atoms with van der Waals surface area (Å²) in [4.78, 5) is 29.9. The summed E-state index contributed by atoms with van der Waals surface area (Å²) in [6, 6.07) is 7.26. The van der Waals surface area contributed by atoms with Crippen molar-refractivity contribution < 1.29 is 18.4 Å². The Balaban J connectivity index is 1.46. The maximum absolute atomic E-state index is 13.1. The zero-order valence-electron chi connectivity index (χ0n) is 19.4. The van der Waals surface area contributed by atoms with Crippen LogP contribution in [0.1, 0.15) is 54.5 Å². The van der Waals surface area contributed by atoms with Crippen LogP contribution >= 0.6 is 0 Å². The Kier molecular flexibility index (Phi) is 7.69. The molecule has 8 nitrogen and oxygen atoms in total. The first-order valence-electron chi connectivity index (χ1n) is 11.6. The summed E-state index contributed by atoms with van der Waals surface area (Å²) in [7, 11) is 1.76. The molecule has 1 aromatic carbocycles. The van der Waals surface area contributed by atoms with E-state index < -0.39 is 18.4 Å². The first-order chi connectivity index (χ1) is 16.9. The molecule has 2 amide bonds. The molecule has 1 aliphatic carbocycles. The van der Waals surface area contributed by atoms with Crippen molar-refractivity contribution in [1.29, 1.82) is 0 Å². The number of rotatable bonds is 9. The molecular formula is C25H28F2N6O2. The van der Waals surface area contributed by atoms with Gasteiger partial charge in [-0.2, -0.15) is 5.10 Å². The van der Waals surface area contributed by atoms with E-state index in [0.717, 1.165) is 31.9 Å². The second-order valence-corrected chi connectivity index (χ2v) is 8.82. The molecule has 1 saturated carbocycles. The summed E-state index contributed by atoms with van der Waals surface area (Å²) in [5.41, 5.74) is 1.64. The number of carbonyl (C=O) groups is 2. The number of pyridine rings is 1. The molecule has 2 heterocycles. The number of aryl methyl sites for hydroxylation is 1. The molecule has 35 heavy (non-hydrogen) atoms. The molecule has 10 heteroatoms. The van der Waals surface area contributed by atoms with E-state index >= 15 is 0 Å². The Morgan fingerprint density at radius 2 is 1.89 bits per heavy atom. The number of hydrogen-bond acceptors (Lipinski definition) is 5. The number of carbonyl (C=O) groups excluding carboxylic acids is 2. The van der Waals surface area contributed by atoms with E-state index in [0.29, 0.717) is 35.0 Å². The van der Waals surface area contributed by atoms with Crippen LogP contribution in [0, 0.1) is 5.92 Å². The van der Waals surface area contributed by atoms with E-state index in [2.05, 4.69) is 26.0 Å². The first kappa shape index (κ1) is 24.3. The third kappa shape index (κ3) is 6.62. The van der Waals surface area contributed by atoms with Gasteiger partial charge in [-0.05, 0) is 36.6 Å². The zero-order chi connectivity index (χ0) is 24.8. The van der Waals surface area contributed by atoms with Crippen molar-refractivity contribution in [3.63, 3.8) is 0 Å². The highest BCUT2D eigenvalue weighted by Gasteiger charge is 2.27. The normalized spacial score (nSPS) is 14.6. The minimum Gasteiger partial charge on any atom is -0.354 e. The number of aromatic nitrogens is 3. The van der Waals surface area contributed by atoms with Crippen molar-refractivity contribution in [2.24, 2.45) is 13.0 Å². The van der Waals surface area contributed by atoms with Gasteiger partial charge in [0.2, 0.25) is 5.91 Å². The van der Waals surface area contributed by atoms with Gasteiger partial charge in [0.05, 0.1) is 23.8 Å². The highest BCUT2D eigenvalue weighted by atomic mass is 19.3. The van der Waals surface area contributed by atoms with Crippen LogP contribution in [0.4, 0.5) is 25.8 Å². The Hall–Kier alpha value is -3.82. The summed E-state index contributed by atoms with van der Waals surface area (Å²) in [6.45, 7) is 0. The van der Waals surface area contributed by atoms with E-state index in [-0.39, 0.29) is 11.5 Å². The molecule has 0 aliphatic heterocycles. The van der Waals surface area contributed by atoms with E-state index in [1.54, 1.807) is 48.4 Å². The number of hydrogen-bond donors (Lipinski definition) is 3. The predicted molar refractivity (Wildman–Crippen MR) is 129 cm³/mol. The van der Waals surface area contributed by atoms with Gasteiger partial charge in [0.1, 0.15) is 6.04 Å². The molecule has 1 fully saturated rings. The Labute approximate surface area is 202 Å². The number of nitrogens with one attached hydrogen (secondary N) is 3. The van der Waals surface area contributed by atoms with Crippen LogP contribution in [0.25, 0.3) is 0 Å². The summed E-state index contributed by atoms with van der Waals surface area (Å²) in [5.74, 6) is -0.303. The zero-order valence-corrected chi connectivity index (χ0v) is 19.4. The molecule has 0 spiro atoms. The van der Waals surface area contributed by atoms with Crippen LogP contribution in [0.3, 0.4) is 0 Å². The maximum atomic E-state index is 13.1. The topological polar surface area (TPSA) is 101 Å². The molecule has 4 rings (SSSR count). The van der Waals surface area contributed by atoms with Crippen molar-refractivity contribution in [3.8, 4) is 0 Å². The van der Waals surface area contributed by atoms with Crippen LogP contribution in [-0.2, 0) is 11.8 Å². The number of nitrogens with zero attached hydrogens (tertiary/aromatic N) is 3. The van der Waals surface area contributed by atoms with Gasteiger partial charge >= 0.3 is 0 Å². The lowest BCUT2D eigenvalue weighted by Crippen LogP contribution is -2.44. The van der Waals surface area contributed by atoms with Gasteiger partial charge in [0, 0.05) is 36.3 Å². The largest absolute Gasteiger partial charge is 0.354 e. The number of amides is 2. The van der Waals surface area contributed by atoms with Gasteiger partial charge in [0.25, 0.3) is 12.3 Å². The monoisotopic (exact) mass is 482 g/mol.